The van der Waals surface area contributed by atoms with E-state index in [0.29, 0.717) is 13.2 Å². The van der Waals surface area contributed by atoms with E-state index in [4.69, 9.17) is 9.84 Å². The maximum absolute atomic E-state index is 11.7. The molecule has 0 fully saturated rings. The van der Waals surface area contributed by atoms with E-state index in [2.05, 4.69) is 10.6 Å². The van der Waals surface area contributed by atoms with Crippen LogP contribution < -0.4 is 10.6 Å². The van der Waals surface area contributed by atoms with Crippen LogP contribution >= 0.6 is 0 Å². The molecule has 116 valence electrons. The summed E-state index contributed by atoms with van der Waals surface area (Å²) in [6, 6.07) is 3.18. The molecule has 4 N–H and O–H groups in total. The van der Waals surface area contributed by atoms with E-state index >= 15 is 0 Å². The van der Waals surface area contributed by atoms with Gasteiger partial charge in [-0.3, -0.25) is 0 Å². The Balaban J connectivity index is 2.61. The highest BCUT2D eigenvalue weighted by Crippen LogP contribution is 2.24. The monoisotopic (exact) mass is 296 g/mol. The maximum atomic E-state index is 11.7. The molecule has 0 unspecified atom stereocenters. The van der Waals surface area contributed by atoms with Crippen molar-refractivity contribution in [3.05, 3.63) is 23.8 Å². The third-order valence-electron chi connectivity index (χ3n) is 2.70. The molecule has 7 nitrogen and oxygen atoms in total. The smallest absolute Gasteiger partial charge is 0.335 e. The summed E-state index contributed by atoms with van der Waals surface area (Å²) >= 11 is 0. The largest absolute Gasteiger partial charge is 0.506 e. The number of rotatable bonds is 6. The first-order chi connectivity index (χ1) is 9.75. The summed E-state index contributed by atoms with van der Waals surface area (Å²) < 4.78 is 5.44. The number of urea groups is 1. The Morgan fingerprint density at radius 2 is 2.00 bits per heavy atom. The summed E-state index contributed by atoms with van der Waals surface area (Å²) in [7, 11) is 0. The molecule has 0 radical (unpaired) electrons. The van der Waals surface area contributed by atoms with Gasteiger partial charge in [-0.25, -0.2) is 9.59 Å². The number of aromatic hydroxyl groups is 1. The molecule has 2 amide bonds. The summed E-state index contributed by atoms with van der Waals surface area (Å²) in [6.45, 7) is 6.38. The van der Waals surface area contributed by atoms with Crippen LogP contribution in [0, 0.1) is 0 Å². The van der Waals surface area contributed by atoms with Gasteiger partial charge >= 0.3 is 12.0 Å². The van der Waals surface area contributed by atoms with Crippen LogP contribution in [0.1, 0.15) is 31.1 Å². The van der Waals surface area contributed by atoms with Crippen molar-refractivity contribution in [1.29, 1.82) is 0 Å². The predicted octanol–water partition coefficient (Wildman–Crippen LogP) is 2.03. The second-order valence-electron chi connectivity index (χ2n) is 5.04. The molecule has 0 saturated heterocycles. The van der Waals surface area contributed by atoms with Gasteiger partial charge in [-0.15, -0.1) is 0 Å². The number of phenols is 1. The van der Waals surface area contributed by atoms with Gasteiger partial charge in [-0.05, 0) is 39.0 Å². The molecule has 1 aromatic rings. The summed E-state index contributed by atoms with van der Waals surface area (Å²) in [4.78, 5) is 22.5. The molecule has 0 spiro atoms. The Morgan fingerprint density at radius 1 is 1.33 bits per heavy atom. The number of carbonyl (C=O) groups excluding carboxylic acids is 1. The van der Waals surface area contributed by atoms with E-state index in [1.165, 1.54) is 12.1 Å². The van der Waals surface area contributed by atoms with Gasteiger partial charge in [-0.1, -0.05) is 0 Å². The molecule has 0 aromatic heterocycles. The molecule has 0 aliphatic carbocycles. The van der Waals surface area contributed by atoms with Gasteiger partial charge in [0.15, 0.2) is 0 Å². The van der Waals surface area contributed by atoms with E-state index in [1.807, 2.05) is 20.8 Å². The van der Waals surface area contributed by atoms with E-state index in [-0.39, 0.29) is 17.0 Å². The van der Waals surface area contributed by atoms with Crippen molar-refractivity contribution in [3.8, 4) is 5.75 Å². The lowest BCUT2D eigenvalue weighted by Gasteiger charge is -2.24. The number of ether oxygens (including phenoxy) is 1. The zero-order valence-corrected chi connectivity index (χ0v) is 12.3. The number of aromatic carboxylic acids is 1. The zero-order valence-electron chi connectivity index (χ0n) is 12.3. The van der Waals surface area contributed by atoms with Gasteiger partial charge < -0.3 is 25.6 Å². The number of carbonyl (C=O) groups is 2. The molecule has 0 heterocycles. The van der Waals surface area contributed by atoms with Crippen LogP contribution in [0.2, 0.25) is 0 Å². The summed E-state index contributed by atoms with van der Waals surface area (Å²) in [6.07, 6.45) is 0. The standard InChI is InChI=1S/C14H20N2O5/c1-4-21-14(2,3)8-15-13(20)16-10-6-5-9(12(18)19)7-11(10)17/h5-7,17H,4,8H2,1-3H3,(H,18,19)(H2,15,16,20). The Kier molecular flexibility index (Phi) is 5.54. The highest BCUT2D eigenvalue weighted by atomic mass is 16.5. The summed E-state index contributed by atoms with van der Waals surface area (Å²) in [5.74, 6) is -1.46. The number of benzene rings is 1. The third kappa shape index (κ3) is 5.31. The molecule has 1 aromatic carbocycles. The second kappa shape index (κ2) is 6.94. The number of carboxylic acids is 1. The topological polar surface area (TPSA) is 108 Å². The molecule has 0 aliphatic heterocycles. The quantitative estimate of drug-likeness (QED) is 0.601. The van der Waals surface area contributed by atoms with Gasteiger partial charge in [0.25, 0.3) is 0 Å². The second-order valence-corrected chi connectivity index (χ2v) is 5.04. The van der Waals surface area contributed by atoms with E-state index in [0.717, 1.165) is 6.07 Å². The van der Waals surface area contributed by atoms with Crippen LogP contribution in [0.3, 0.4) is 0 Å². The van der Waals surface area contributed by atoms with Crippen molar-refractivity contribution in [3.63, 3.8) is 0 Å². The summed E-state index contributed by atoms with van der Waals surface area (Å²) in [5.41, 5.74) is -0.427. The highest BCUT2D eigenvalue weighted by molar-refractivity contribution is 5.93. The number of carboxylic acid groups (broad SMARTS) is 1. The molecule has 0 saturated carbocycles. The number of amides is 2. The molecule has 0 aliphatic rings. The fourth-order valence-corrected chi connectivity index (χ4v) is 1.67. The minimum absolute atomic E-state index is 0.0593. The SMILES string of the molecule is CCOC(C)(C)CNC(=O)Nc1ccc(C(=O)O)cc1O. The molecule has 21 heavy (non-hydrogen) atoms. The van der Waals surface area contributed by atoms with Crippen LogP contribution in [-0.4, -0.2) is 41.0 Å². The van der Waals surface area contributed by atoms with E-state index in [1.54, 1.807) is 0 Å². The van der Waals surface area contributed by atoms with Crippen LogP contribution in [0.5, 0.6) is 5.75 Å². The van der Waals surface area contributed by atoms with Gasteiger partial charge in [0.05, 0.1) is 16.9 Å². The van der Waals surface area contributed by atoms with Gasteiger partial charge in [0, 0.05) is 13.2 Å². The number of phenolic OH excluding ortho intramolecular Hbond substituents is 1. The number of hydrogen-bond donors (Lipinski definition) is 4. The van der Waals surface area contributed by atoms with Crippen molar-refractivity contribution in [1.82, 2.24) is 5.32 Å². The number of hydrogen-bond acceptors (Lipinski definition) is 4. The molecular formula is C14H20N2O5. The van der Waals surface area contributed by atoms with Gasteiger partial charge in [-0.2, -0.15) is 0 Å². The average molecular weight is 296 g/mol. The lowest BCUT2D eigenvalue weighted by molar-refractivity contribution is -0.00663. The van der Waals surface area contributed by atoms with Crippen molar-refractivity contribution in [2.75, 3.05) is 18.5 Å². The Labute approximate surface area is 122 Å². The van der Waals surface area contributed by atoms with E-state index in [9.17, 15) is 14.7 Å². The first-order valence-corrected chi connectivity index (χ1v) is 6.50. The first-order valence-electron chi connectivity index (χ1n) is 6.50. The Bertz CT molecular complexity index is 528. The zero-order chi connectivity index (χ0) is 16.0. The van der Waals surface area contributed by atoms with Crippen LogP contribution in [0.15, 0.2) is 18.2 Å². The molecule has 1 rings (SSSR count). The highest BCUT2D eigenvalue weighted by Gasteiger charge is 2.19. The average Bonchev–Trinajstić information content (AvgIpc) is 2.38. The fraction of sp³-hybridized carbons (Fsp3) is 0.429. The van der Waals surface area contributed by atoms with Crippen LogP contribution in [0.25, 0.3) is 0 Å². The molecule has 7 heteroatoms. The first kappa shape index (κ1) is 16.8. The van der Waals surface area contributed by atoms with E-state index < -0.39 is 17.6 Å². The van der Waals surface area contributed by atoms with Crippen LogP contribution in [-0.2, 0) is 4.74 Å². The minimum Gasteiger partial charge on any atom is -0.506 e. The molecule has 0 bridgehead atoms. The third-order valence-corrected chi connectivity index (χ3v) is 2.70. The van der Waals surface area contributed by atoms with Gasteiger partial charge in [0.1, 0.15) is 5.75 Å². The summed E-state index contributed by atoms with van der Waals surface area (Å²) in [5, 5.41) is 23.5. The Hall–Kier alpha value is -2.28. The van der Waals surface area contributed by atoms with Crippen molar-refractivity contribution >= 4 is 17.7 Å². The Morgan fingerprint density at radius 3 is 2.52 bits per heavy atom. The predicted molar refractivity (Wildman–Crippen MR) is 77.8 cm³/mol. The minimum atomic E-state index is -1.15. The number of nitrogens with one attached hydrogen (secondary N) is 2. The lowest BCUT2D eigenvalue weighted by atomic mass is 10.1. The molecular weight excluding hydrogens is 276 g/mol. The van der Waals surface area contributed by atoms with Crippen molar-refractivity contribution < 1.29 is 24.5 Å². The van der Waals surface area contributed by atoms with Crippen molar-refractivity contribution in [2.24, 2.45) is 0 Å². The fourth-order valence-electron chi connectivity index (χ4n) is 1.67. The maximum Gasteiger partial charge on any atom is 0.335 e. The lowest BCUT2D eigenvalue weighted by Crippen LogP contribution is -2.42. The van der Waals surface area contributed by atoms with Gasteiger partial charge in [0.2, 0.25) is 0 Å². The van der Waals surface area contributed by atoms with Crippen molar-refractivity contribution in [2.45, 2.75) is 26.4 Å². The molecule has 0 atom stereocenters. The number of anilines is 1. The van der Waals surface area contributed by atoms with Crippen LogP contribution in [0.4, 0.5) is 10.5 Å². The normalized spacial score (nSPS) is 11.0.